The Morgan fingerprint density at radius 2 is 1.11 bits per heavy atom. The van der Waals surface area contributed by atoms with Crippen molar-refractivity contribution in [2.75, 3.05) is 0 Å². The molecular formula is C33H33BO2. The van der Waals surface area contributed by atoms with Crippen LogP contribution in [0.25, 0.3) is 33.4 Å². The van der Waals surface area contributed by atoms with E-state index in [2.05, 4.69) is 133 Å². The summed E-state index contributed by atoms with van der Waals surface area (Å²) in [5.41, 5.74) is 10.4. The van der Waals surface area contributed by atoms with Crippen molar-refractivity contribution in [1.82, 2.24) is 0 Å². The third-order valence-corrected chi connectivity index (χ3v) is 8.56. The van der Waals surface area contributed by atoms with Crippen LogP contribution in [0, 0.1) is 0 Å². The molecule has 36 heavy (non-hydrogen) atoms. The van der Waals surface area contributed by atoms with Gasteiger partial charge in [0.1, 0.15) is 0 Å². The molecule has 1 fully saturated rings. The highest BCUT2D eigenvalue weighted by Crippen LogP contribution is 2.49. The van der Waals surface area contributed by atoms with Gasteiger partial charge in [0.05, 0.1) is 11.2 Å². The molecule has 6 rings (SSSR count). The molecule has 1 saturated heterocycles. The fourth-order valence-corrected chi connectivity index (χ4v) is 5.69. The Morgan fingerprint density at radius 1 is 0.500 bits per heavy atom. The summed E-state index contributed by atoms with van der Waals surface area (Å²) in [6.45, 7) is 13.1. The van der Waals surface area contributed by atoms with Gasteiger partial charge in [0.15, 0.2) is 0 Å². The predicted octanol–water partition coefficient (Wildman–Crippen LogP) is 7.63. The van der Waals surface area contributed by atoms with Gasteiger partial charge in [0.2, 0.25) is 0 Å². The van der Waals surface area contributed by atoms with Gasteiger partial charge in [-0.3, -0.25) is 0 Å². The summed E-state index contributed by atoms with van der Waals surface area (Å²) in [5.74, 6) is 0. The first-order chi connectivity index (χ1) is 17.1. The van der Waals surface area contributed by atoms with E-state index in [1.165, 1.54) is 33.4 Å². The standard InChI is InChI=1S/C33H33BO2/c1-31(2)28-15-11-10-14-26(28)27-20-24(17-19-29(27)31)25-18-16-23(22-12-8-7-9-13-22)21-30(25)34-35-32(3,4)33(5,6)36-34/h7-21H,1-6H3. The topological polar surface area (TPSA) is 18.5 Å². The van der Waals surface area contributed by atoms with E-state index in [0.717, 1.165) is 16.6 Å². The summed E-state index contributed by atoms with van der Waals surface area (Å²) in [7, 11) is -0.439. The Balaban J connectivity index is 1.52. The maximum absolute atomic E-state index is 6.56. The Bertz CT molecular complexity index is 1450. The van der Waals surface area contributed by atoms with Crippen molar-refractivity contribution in [1.29, 1.82) is 0 Å². The monoisotopic (exact) mass is 472 g/mol. The summed E-state index contributed by atoms with van der Waals surface area (Å²) >= 11 is 0. The zero-order chi connectivity index (χ0) is 25.3. The highest BCUT2D eigenvalue weighted by atomic mass is 16.7. The third kappa shape index (κ3) is 3.49. The number of hydrogen-bond donors (Lipinski definition) is 0. The molecule has 3 heteroatoms. The van der Waals surface area contributed by atoms with E-state index >= 15 is 0 Å². The molecule has 1 heterocycles. The van der Waals surface area contributed by atoms with Crippen molar-refractivity contribution in [2.24, 2.45) is 0 Å². The van der Waals surface area contributed by atoms with E-state index in [0.29, 0.717) is 0 Å². The van der Waals surface area contributed by atoms with Crippen LogP contribution in [0.2, 0.25) is 0 Å². The lowest BCUT2D eigenvalue weighted by Crippen LogP contribution is -2.41. The van der Waals surface area contributed by atoms with Gasteiger partial charge < -0.3 is 9.31 Å². The van der Waals surface area contributed by atoms with Crippen molar-refractivity contribution >= 4 is 12.6 Å². The van der Waals surface area contributed by atoms with Crippen LogP contribution in [0.15, 0.2) is 91.0 Å². The highest BCUT2D eigenvalue weighted by molar-refractivity contribution is 6.64. The molecule has 0 N–H and O–H groups in total. The van der Waals surface area contributed by atoms with Crippen LogP contribution in [-0.2, 0) is 14.7 Å². The minimum atomic E-state index is -0.439. The number of fused-ring (bicyclic) bond motifs is 3. The fraction of sp³-hybridized carbons (Fsp3) is 0.273. The molecule has 0 atom stereocenters. The van der Waals surface area contributed by atoms with Gasteiger partial charge >= 0.3 is 7.12 Å². The van der Waals surface area contributed by atoms with Crippen molar-refractivity contribution in [2.45, 2.75) is 58.2 Å². The summed E-state index contributed by atoms with van der Waals surface area (Å²) in [6.07, 6.45) is 0. The molecule has 1 aliphatic heterocycles. The quantitative estimate of drug-likeness (QED) is 0.286. The summed E-state index contributed by atoms with van der Waals surface area (Å²) in [4.78, 5) is 0. The minimum Gasteiger partial charge on any atom is -0.399 e. The van der Waals surface area contributed by atoms with E-state index in [1.807, 2.05) is 0 Å². The third-order valence-electron chi connectivity index (χ3n) is 8.56. The normalized spacial score (nSPS) is 18.7. The van der Waals surface area contributed by atoms with Gasteiger partial charge in [-0.2, -0.15) is 0 Å². The SMILES string of the molecule is CC1(C)c2ccccc2-c2cc(-c3ccc(-c4ccccc4)cc3B3OC(C)(C)C(C)(C)O3)ccc21. The van der Waals surface area contributed by atoms with Crippen LogP contribution in [0.1, 0.15) is 52.7 Å². The second kappa shape index (κ2) is 7.93. The minimum absolute atomic E-state index is 0.00379. The second-order valence-corrected chi connectivity index (χ2v) is 11.7. The largest absolute Gasteiger partial charge is 0.495 e. The van der Waals surface area contributed by atoms with Gasteiger partial charge in [-0.15, -0.1) is 0 Å². The maximum atomic E-state index is 6.56. The van der Waals surface area contributed by atoms with Gasteiger partial charge in [-0.1, -0.05) is 98.8 Å². The molecule has 2 nitrogen and oxygen atoms in total. The Hall–Kier alpha value is -3.14. The number of benzene rings is 4. The summed E-state index contributed by atoms with van der Waals surface area (Å²) < 4.78 is 13.1. The van der Waals surface area contributed by atoms with E-state index in [-0.39, 0.29) is 5.41 Å². The van der Waals surface area contributed by atoms with Gasteiger partial charge in [0, 0.05) is 5.41 Å². The predicted molar refractivity (Wildman–Crippen MR) is 151 cm³/mol. The zero-order valence-corrected chi connectivity index (χ0v) is 22.1. The zero-order valence-electron chi connectivity index (χ0n) is 22.1. The Labute approximate surface area is 215 Å². The lowest BCUT2D eigenvalue weighted by molar-refractivity contribution is 0.00578. The first-order valence-electron chi connectivity index (χ1n) is 12.9. The smallest absolute Gasteiger partial charge is 0.399 e. The molecule has 0 radical (unpaired) electrons. The molecule has 0 bridgehead atoms. The lowest BCUT2D eigenvalue weighted by atomic mass is 9.73. The number of rotatable bonds is 3. The van der Waals surface area contributed by atoms with Crippen LogP contribution in [-0.4, -0.2) is 18.3 Å². The molecule has 0 aromatic heterocycles. The van der Waals surface area contributed by atoms with E-state index in [9.17, 15) is 0 Å². The van der Waals surface area contributed by atoms with Crippen LogP contribution < -0.4 is 5.46 Å². The van der Waals surface area contributed by atoms with E-state index < -0.39 is 18.3 Å². The van der Waals surface area contributed by atoms with Crippen LogP contribution in [0.4, 0.5) is 0 Å². The molecule has 1 aliphatic carbocycles. The van der Waals surface area contributed by atoms with E-state index in [1.54, 1.807) is 0 Å². The molecule has 0 unspecified atom stereocenters. The molecule has 0 saturated carbocycles. The second-order valence-electron chi connectivity index (χ2n) is 11.7. The van der Waals surface area contributed by atoms with Crippen LogP contribution >= 0.6 is 0 Å². The molecule has 0 spiro atoms. The van der Waals surface area contributed by atoms with Gasteiger partial charge in [0.25, 0.3) is 0 Å². The molecule has 4 aromatic carbocycles. The average molecular weight is 472 g/mol. The van der Waals surface area contributed by atoms with Crippen LogP contribution in [0.3, 0.4) is 0 Å². The number of hydrogen-bond acceptors (Lipinski definition) is 2. The Kier molecular flexibility index (Phi) is 5.13. The van der Waals surface area contributed by atoms with Crippen molar-refractivity contribution < 1.29 is 9.31 Å². The molecule has 0 amide bonds. The Morgan fingerprint density at radius 3 is 1.83 bits per heavy atom. The highest BCUT2D eigenvalue weighted by Gasteiger charge is 2.52. The van der Waals surface area contributed by atoms with Crippen molar-refractivity contribution in [3.63, 3.8) is 0 Å². The molecule has 180 valence electrons. The van der Waals surface area contributed by atoms with Gasteiger partial charge in [-0.25, -0.2) is 0 Å². The molecule has 4 aromatic rings. The first-order valence-corrected chi connectivity index (χ1v) is 12.9. The first kappa shape index (κ1) is 23.3. The average Bonchev–Trinajstić information content (AvgIpc) is 3.23. The van der Waals surface area contributed by atoms with Crippen molar-refractivity contribution in [3.05, 3.63) is 102 Å². The summed E-state index contributed by atoms with van der Waals surface area (Å²) in [5, 5.41) is 0. The lowest BCUT2D eigenvalue weighted by Gasteiger charge is -2.32. The summed E-state index contributed by atoms with van der Waals surface area (Å²) in [6, 6.07) is 32.9. The molecular weight excluding hydrogens is 439 g/mol. The molecule has 2 aliphatic rings. The van der Waals surface area contributed by atoms with Gasteiger partial charge in [-0.05, 0) is 83.7 Å². The maximum Gasteiger partial charge on any atom is 0.495 e. The van der Waals surface area contributed by atoms with E-state index in [4.69, 9.17) is 9.31 Å². The fourth-order valence-electron chi connectivity index (χ4n) is 5.69. The van der Waals surface area contributed by atoms with Crippen molar-refractivity contribution in [3.8, 4) is 33.4 Å². The van der Waals surface area contributed by atoms with Crippen LogP contribution in [0.5, 0.6) is 0 Å².